The molecule has 0 radical (unpaired) electrons. The molecule has 1 fully saturated rings. The van der Waals surface area contributed by atoms with Crippen molar-refractivity contribution < 1.29 is 14.3 Å². The molecule has 27 heavy (non-hydrogen) atoms. The SMILES string of the molecule is Cc1ccc(OCC(=O)NC2CCN(C(=O)CC#N)CC2)c(C(C)(C)C)c1. The summed E-state index contributed by atoms with van der Waals surface area (Å²) in [5.41, 5.74) is 2.18. The Labute approximate surface area is 161 Å². The van der Waals surface area contributed by atoms with Gasteiger partial charge in [-0.2, -0.15) is 5.26 Å². The van der Waals surface area contributed by atoms with Gasteiger partial charge in [-0.1, -0.05) is 38.5 Å². The number of likely N-dealkylation sites (tertiary alicyclic amines) is 1. The summed E-state index contributed by atoms with van der Waals surface area (Å²) in [6, 6.07) is 7.92. The van der Waals surface area contributed by atoms with Crippen LogP contribution in [0.2, 0.25) is 0 Å². The number of hydrogen-bond donors (Lipinski definition) is 1. The number of aryl methyl sites for hydroxylation is 1. The van der Waals surface area contributed by atoms with E-state index < -0.39 is 0 Å². The maximum Gasteiger partial charge on any atom is 0.258 e. The van der Waals surface area contributed by atoms with E-state index in [0.717, 1.165) is 16.9 Å². The number of benzene rings is 1. The zero-order chi connectivity index (χ0) is 20.0. The Bertz CT molecular complexity index is 723. The molecule has 1 aromatic rings. The lowest BCUT2D eigenvalue weighted by atomic mass is 9.85. The summed E-state index contributed by atoms with van der Waals surface area (Å²) in [6.07, 6.45) is 1.30. The summed E-state index contributed by atoms with van der Waals surface area (Å²) in [4.78, 5) is 25.7. The highest BCUT2D eigenvalue weighted by Gasteiger charge is 2.24. The molecular formula is C21H29N3O3. The standard InChI is InChI=1S/C21H29N3O3/c1-15-5-6-18(17(13-15)21(2,3)4)27-14-19(25)23-16-8-11-24(12-9-16)20(26)7-10-22/h5-6,13,16H,7-9,11-12,14H2,1-4H3,(H,23,25). The van der Waals surface area contributed by atoms with E-state index in [1.54, 1.807) is 4.90 Å². The number of carbonyl (C=O) groups excluding carboxylic acids is 2. The zero-order valence-electron chi connectivity index (χ0n) is 16.7. The molecule has 6 heteroatoms. The first kappa shape index (κ1) is 20.8. The normalized spacial score (nSPS) is 15.1. The van der Waals surface area contributed by atoms with Gasteiger partial charge in [0.05, 0.1) is 6.07 Å². The third kappa shape index (κ3) is 5.99. The van der Waals surface area contributed by atoms with Crippen LogP contribution in [0.5, 0.6) is 5.75 Å². The highest BCUT2D eigenvalue weighted by molar-refractivity contribution is 5.79. The van der Waals surface area contributed by atoms with E-state index in [-0.39, 0.29) is 36.3 Å². The number of carbonyl (C=O) groups is 2. The largest absolute Gasteiger partial charge is 0.483 e. The van der Waals surface area contributed by atoms with Gasteiger partial charge in [-0.15, -0.1) is 0 Å². The lowest BCUT2D eigenvalue weighted by Gasteiger charge is -2.32. The molecule has 0 atom stereocenters. The quantitative estimate of drug-likeness (QED) is 0.863. The van der Waals surface area contributed by atoms with Gasteiger partial charge in [-0.25, -0.2) is 0 Å². The predicted molar refractivity (Wildman–Crippen MR) is 103 cm³/mol. The Morgan fingerprint density at radius 2 is 1.96 bits per heavy atom. The summed E-state index contributed by atoms with van der Waals surface area (Å²) < 4.78 is 5.80. The Morgan fingerprint density at radius 1 is 1.30 bits per heavy atom. The van der Waals surface area contributed by atoms with E-state index in [1.807, 2.05) is 25.1 Å². The minimum absolute atomic E-state index is 0.0281. The molecule has 0 aromatic heterocycles. The molecular weight excluding hydrogens is 342 g/mol. The molecule has 1 aliphatic heterocycles. The molecule has 146 valence electrons. The molecule has 1 aliphatic rings. The fourth-order valence-electron chi connectivity index (χ4n) is 3.22. The topological polar surface area (TPSA) is 82.4 Å². The van der Waals surface area contributed by atoms with Gasteiger partial charge in [0.1, 0.15) is 12.2 Å². The molecule has 6 nitrogen and oxygen atoms in total. The van der Waals surface area contributed by atoms with E-state index in [9.17, 15) is 9.59 Å². The third-order valence-corrected chi connectivity index (χ3v) is 4.74. The fraction of sp³-hybridized carbons (Fsp3) is 0.571. The highest BCUT2D eigenvalue weighted by Crippen LogP contribution is 2.32. The second-order valence-corrected chi connectivity index (χ2v) is 8.10. The van der Waals surface area contributed by atoms with Gasteiger partial charge in [-0.05, 0) is 36.8 Å². The maximum absolute atomic E-state index is 12.3. The number of ether oxygens (including phenoxy) is 1. The van der Waals surface area contributed by atoms with E-state index in [4.69, 9.17) is 10.00 Å². The Morgan fingerprint density at radius 3 is 2.56 bits per heavy atom. The number of rotatable bonds is 5. The van der Waals surface area contributed by atoms with Crippen molar-refractivity contribution in [2.45, 2.75) is 58.4 Å². The highest BCUT2D eigenvalue weighted by atomic mass is 16.5. The van der Waals surface area contributed by atoms with Gasteiger partial charge in [0.2, 0.25) is 5.91 Å². The van der Waals surface area contributed by atoms with Crippen LogP contribution in [0.15, 0.2) is 18.2 Å². The summed E-state index contributed by atoms with van der Waals surface area (Å²) >= 11 is 0. The molecule has 0 bridgehead atoms. The van der Waals surface area contributed by atoms with Gasteiger partial charge in [0.25, 0.3) is 5.91 Å². The smallest absolute Gasteiger partial charge is 0.258 e. The van der Waals surface area contributed by atoms with Gasteiger partial charge in [-0.3, -0.25) is 9.59 Å². The van der Waals surface area contributed by atoms with Crippen LogP contribution in [0.25, 0.3) is 0 Å². The number of piperidine rings is 1. The average molecular weight is 371 g/mol. The van der Waals surface area contributed by atoms with Crippen LogP contribution in [0.1, 0.15) is 51.2 Å². The minimum atomic E-state index is -0.155. The number of nitrogens with zero attached hydrogens (tertiary/aromatic N) is 2. The summed E-state index contributed by atoms with van der Waals surface area (Å²) in [7, 11) is 0. The first-order chi connectivity index (χ1) is 12.7. The molecule has 0 saturated carbocycles. The second kappa shape index (κ2) is 8.90. The van der Waals surface area contributed by atoms with E-state index >= 15 is 0 Å². The third-order valence-electron chi connectivity index (χ3n) is 4.74. The first-order valence-electron chi connectivity index (χ1n) is 9.38. The van der Waals surface area contributed by atoms with Gasteiger partial charge in [0.15, 0.2) is 6.61 Å². The van der Waals surface area contributed by atoms with Gasteiger partial charge < -0.3 is 15.0 Å². The molecule has 1 aromatic carbocycles. The molecule has 1 saturated heterocycles. The Kier molecular flexibility index (Phi) is 6.84. The van der Waals surface area contributed by atoms with Crippen molar-refractivity contribution in [2.24, 2.45) is 0 Å². The summed E-state index contributed by atoms with van der Waals surface area (Å²) in [5.74, 6) is 0.442. The lowest BCUT2D eigenvalue weighted by Crippen LogP contribution is -2.47. The Balaban J connectivity index is 1.84. The maximum atomic E-state index is 12.3. The van der Waals surface area contributed by atoms with Gasteiger partial charge >= 0.3 is 0 Å². The van der Waals surface area contributed by atoms with E-state index in [0.29, 0.717) is 25.9 Å². The van der Waals surface area contributed by atoms with Crippen molar-refractivity contribution in [1.29, 1.82) is 5.26 Å². The molecule has 0 unspecified atom stereocenters. The molecule has 1 N–H and O–H groups in total. The Hall–Kier alpha value is -2.55. The van der Waals surface area contributed by atoms with Crippen molar-refractivity contribution in [3.8, 4) is 11.8 Å². The second-order valence-electron chi connectivity index (χ2n) is 8.10. The lowest BCUT2D eigenvalue weighted by molar-refractivity contribution is -0.131. The summed E-state index contributed by atoms with van der Waals surface area (Å²) in [5, 5.41) is 11.6. The van der Waals surface area contributed by atoms with Crippen LogP contribution in [-0.4, -0.2) is 42.5 Å². The molecule has 2 amide bonds. The van der Waals surface area contributed by atoms with Crippen LogP contribution in [0.3, 0.4) is 0 Å². The van der Waals surface area contributed by atoms with Crippen LogP contribution < -0.4 is 10.1 Å². The minimum Gasteiger partial charge on any atom is -0.483 e. The number of amides is 2. The molecule has 0 spiro atoms. The van der Waals surface area contributed by atoms with Gasteiger partial charge in [0, 0.05) is 19.1 Å². The monoisotopic (exact) mass is 371 g/mol. The van der Waals surface area contributed by atoms with E-state index in [1.165, 1.54) is 0 Å². The van der Waals surface area contributed by atoms with Crippen LogP contribution in [-0.2, 0) is 15.0 Å². The van der Waals surface area contributed by atoms with E-state index in [2.05, 4.69) is 32.2 Å². The van der Waals surface area contributed by atoms with Crippen molar-refractivity contribution >= 4 is 11.8 Å². The molecule has 2 rings (SSSR count). The van der Waals surface area contributed by atoms with Crippen LogP contribution in [0.4, 0.5) is 0 Å². The molecule has 0 aliphatic carbocycles. The van der Waals surface area contributed by atoms with Crippen LogP contribution in [0, 0.1) is 18.3 Å². The van der Waals surface area contributed by atoms with Crippen LogP contribution >= 0.6 is 0 Å². The number of nitriles is 1. The fourth-order valence-corrected chi connectivity index (χ4v) is 3.22. The van der Waals surface area contributed by atoms with Crippen molar-refractivity contribution in [2.75, 3.05) is 19.7 Å². The predicted octanol–water partition coefficient (Wildman–Crippen LogP) is 2.69. The first-order valence-corrected chi connectivity index (χ1v) is 9.38. The van der Waals surface area contributed by atoms with Crippen molar-refractivity contribution in [3.63, 3.8) is 0 Å². The number of hydrogen-bond acceptors (Lipinski definition) is 4. The van der Waals surface area contributed by atoms with Crippen molar-refractivity contribution in [3.05, 3.63) is 29.3 Å². The zero-order valence-corrected chi connectivity index (χ0v) is 16.7. The average Bonchev–Trinajstić information content (AvgIpc) is 2.60. The summed E-state index contributed by atoms with van der Waals surface area (Å²) in [6.45, 7) is 9.51. The molecule has 1 heterocycles. The van der Waals surface area contributed by atoms with Crippen molar-refractivity contribution in [1.82, 2.24) is 10.2 Å². The number of nitrogens with one attached hydrogen (secondary N) is 1.